The fourth-order valence-corrected chi connectivity index (χ4v) is 1.92. The van der Waals surface area contributed by atoms with Crippen molar-refractivity contribution in [1.82, 2.24) is 14.8 Å². The van der Waals surface area contributed by atoms with Crippen molar-refractivity contribution in [2.24, 2.45) is 7.05 Å². The van der Waals surface area contributed by atoms with Gasteiger partial charge in [0.1, 0.15) is 5.82 Å². The highest BCUT2D eigenvalue weighted by atomic mass is 16.1. The molecule has 0 atom stereocenters. The van der Waals surface area contributed by atoms with E-state index in [0.717, 1.165) is 18.1 Å². The van der Waals surface area contributed by atoms with Gasteiger partial charge >= 0.3 is 0 Å². The molecule has 0 aliphatic carbocycles. The number of anilines is 2. The van der Waals surface area contributed by atoms with E-state index in [9.17, 15) is 4.79 Å². The van der Waals surface area contributed by atoms with Gasteiger partial charge in [0, 0.05) is 37.1 Å². The molecule has 0 saturated heterocycles. The lowest BCUT2D eigenvalue weighted by Gasteiger charge is -2.11. The van der Waals surface area contributed by atoms with E-state index in [1.165, 1.54) is 0 Å². The van der Waals surface area contributed by atoms with Gasteiger partial charge in [-0.1, -0.05) is 13.8 Å². The van der Waals surface area contributed by atoms with Gasteiger partial charge in [-0.25, -0.2) is 4.98 Å². The van der Waals surface area contributed by atoms with Crippen LogP contribution in [0, 0.1) is 0 Å². The molecule has 0 aliphatic heterocycles. The van der Waals surface area contributed by atoms with Crippen LogP contribution in [0.15, 0.2) is 24.4 Å². The first-order chi connectivity index (χ1) is 9.99. The Labute approximate surface area is 124 Å². The van der Waals surface area contributed by atoms with E-state index in [4.69, 9.17) is 0 Å². The van der Waals surface area contributed by atoms with Gasteiger partial charge in [-0.15, -0.1) is 0 Å². The maximum absolute atomic E-state index is 12.3. The van der Waals surface area contributed by atoms with E-state index in [-0.39, 0.29) is 11.8 Å². The van der Waals surface area contributed by atoms with Crippen LogP contribution in [-0.2, 0) is 7.05 Å². The first-order valence-electron chi connectivity index (χ1n) is 7.06. The molecule has 112 valence electrons. The van der Waals surface area contributed by atoms with Gasteiger partial charge in [-0.3, -0.25) is 9.48 Å². The molecule has 21 heavy (non-hydrogen) atoms. The van der Waals surface area contributed by atoms with Crippen LogP contribution in [0.2, 0.25) is 0 Å². The van der Waals surface area contributed by atoms with Gasteiger partial charge in [0.15, 0.2) is 5.82 Å². The zero-order valence-corrected chi connectivity index (χ0v) is 12.8. The number of nitrogens with zero attached hydrogens (tertiary/aromatic N) is 3. The normalized spacial score (nSPS) is 10.7. The quantitative estimate of drug-likeness (QED) is 0.886. The summed E-state index contributed by atoms with van der Waals surface area (Å²) in [6, 6.07) is 5.34. The topological polar surface area (TPSA) is 71.8 Å². The van der Waals surface area contributed by atoms with Crippen molar-refractivity contribution in [3.63, 3.8) is 0 Å². The summed E-state index contributed by atoms with van der Waals surface area (Å²) in [6.45, 7) is 6.87. The van der Waals surface area contributed by atoms with Crippen LogP contribution in [-0.4, -0.2) is 27.2 Å². The molecule has 2 aromatic heterocycles. The Morgan fingerprint density at radius 1 is 1.33 bits per heavy atom. The standard InChI is InChI=1S/C15H21N5O/c1-5-16-14-9-11(8-12(17-14)10(2)3)15(21)18-13-6-7-20(4)19-13/h6-10H,5H2,1-4H3,(H,16,17)(H,18,19,21). The van der Waals surface area contributed by atoms with Gasteiger partial charge in [0.05, 0.1) is 0 Å². The first kappa shape index (κ1) is 15.0. The zero-order valence-electron chi connectivity index (χ0n) is 12.8. The zero-order chi connectivity index (χ0) is 15.4. The molecule has 0 saturated carbocycles. The predicted octanol–water partition coefficient (Wildman–Crippen LogP) is 2.62. The van der Waals surface area contributed by atoms with Gasteiger partial charge in [-0.05, 0) is 25.0 Å². The number of pyridine rings is 1. The number of hydrogen-bond donors (Lipinski definition) is 2. The summed E-state index contributed by atoms with van der Waals surface area (Å²) in [6.07, 6.45) is 1.78. The number of rotatable bonds is 5. The molecule has 0 spiro atoms. The van der Waals surface area contributed by atoms with Crippen molar-refractivity contribution >= 4 is 17.5 Å². The summed E-state index contributed by atoms with van der Waals surface area (Å²) in [4.78, 5) is 16.8. The summed E-state index contributed by atoms with van der Waals surface area (Å²) in [5, 5.41) is 10.1. The van der Waals surface area contributed by atoms with Crippen molar-refractivity contribution in [1.29, 1.82) is 0 Å². The average molecular weight is 287 g/mol. The van der Waals surface area contributed by atoms with Crippen molar-refractivity contribution in [2.45, 2.75) is 26.7 Å². The Balaban J connectivity index is 2.26. The first-order valence-corrected chi connectivity index (χ1v) is 7.06. The van der Waals surface area contributed by atoms with E-state index in [1.807, 2.05) is 20.0 Å². The SMILES string of the molecule is CCNc1cc(C(=O)Nc2ccn(C)n2)cc(C(C)C)n1. The van der Waals surface area contributed by atoms with E-state index < -0.39 is 0 Å². The minimum Gasteiger partial charge on any atom is -0.370 e. The molecule has 1 amide bonds. The van der Waals surface area contributed by atoms with E-state index in [1.54, 1.807) is 23.0 Å². The van der Waals surface area contributed by atoms with Crippen LogP contribution in [0.1, 0.15) is 42.7 Å². The molecule has 0 aromatic carbocycles. The smallest absolute Gasteiger partial charge is 0.257 e. The molecule has 2 N–H and O–H groups in total. The van der Waals surface area contributed by atoms with Crippen LogP contribution < -0.4 is 10.6 Å². The van der Waals surface area contributed by atoms with Crippen LogP contribution in [0.25, 0.3) is 0 Å². The number of carbonyl (C=O) groups is 1. The lowest BCUT2D eigenvalue weighted by molar-refractivity contribution is 0.102. The van der Waals surface area contributed by atoms with E-state index in [2.05, 4.69) is 34.6 Å². The molecule has 0 aliphatic rings. The van der Waals surface area contributed by atoms with Gasteiger partial charge in [0.2, 0.25) is 0 Å². The maximum Gasteiger partial charge on any atom is 0.257 e. The third kappa shape index (κ3) is 3.81. The van der Waals surface area contributed by atoms with Crippen molar-refractivity contribution < 1.29 is 4.79 Å². The summed E-state index contributed by atoms with van der Waals surface area (Å²) >= 11 is 0. The highest BCUT2D eigenvalue weighted by Crippen LogP contribution is 2.18. The predicted molar refractivity (Wildman–Crippen MR) is 83.7 cm³/mol. The van der Waals surface area contributed by atoms with Crippen LogP contribution in [0.5, 0.6) is 0 Å². The minimum absolute atomic E-state index is 0.183. The lowest BCUT2D eigenvalue weighted by Crippen LogP contribution is -2.14. The fourth-order valence-electron chi connectivity index (χ4n) is 1.92. The van der Waals surface area contributed by atoms with Crippen molar-refractivity contribution in [3.8, 4) is 0 Å². The molecule has 2 heterocycles. The molecule has 2 aromatic rings. The Morgan fingerprint density at radius 3 is 2.67 bits per heavy atom. The molecule has 0 fully saturated rings. The van der Waals surface area contributed by atoms with Crippen molar-refractivity contribution in [3.05, 3.63) is 35.7 Å². The monoisotopic (exact) mass is 287 g/mol. The van der Waals surface area contributed by atoms with E-state index in [0.29, 0.717) is 11.4 Å². The molecule has 6 heteroatoms. The number of aromatic nitrogens is 3. The van der Waals surface area contributed by atoms with Crippen LogP contribution in [0.3, 0.4) is 0 Å². The Kier molecular flexibility index (Phi) is 4.57. The number of nitrogens with one attached hydrogen (secondary N) is 2. The second-order valence-electron chi connectivity index (χ2n) is 5.18. The van der Waals surface area contributed by atoms with Crippen LogP contribution in [0.4, 0.5) is 11.6 Å². The third-order valence-electron chi connectivity index (χ3n) is 3.01. The van der Waals surface area contributed by atoms with Crippen LogP contribution >= 0.6 is 0 Å². The fraction of sp³-hybridized carbons (Fsp3) is 0.400. The van der Waals surface area contributed by atoms with E-state index >= 15 is 0 Å². The molecular weight excluding hydrogens is 266 g/mol. The molecule has 0 unspecified atom stereocenters. The molecular formula is C15H21N5O. The summed E-state index contributed by atoms with van der Waals surface area (Å²) < 4.78 is 1.64. The maximum atomic E-state index is 12.3. The summed E-state index contributed by atoms with van der Waals surface area (Å²) in [5.74, 6) is 1.33. The lowest BCUT2D eigenvalue weighted by atomic mass is 10.1. The summed E-state index contributed by atoms with van der Waals surface area (Å²) in [7, 11) is 1.81. The molecule has 6 nitrogen and oxygen atoms in total. The number of carbonyl (C=O) groups excluding carboxylic acids is 1. The van der Waals surface area contributed by atoms with Gasteiger partial charge < -0.3 is 10.6 Å². The Morgan fingerprint density at radius 2 is 2.10 bits per heavy atom. The Hall–Kier alpha value is -2.37. The second kappa shape index (κ2) is 6.39. The molecule has 2 rings (SSSR count). The molecule has 0 radical (unpaired) electrons. The highest BCUT2D eigenvalue weighted by molar-refractivity contribution is 6.04. The van der Waals surface area contributed by atoms with Gasteiger partial charge in [-0.2, -0.15) is 5.10 Å². The Bertz CT molecular complexity index is 633. The van der Waals surface area contributed by atoms with Crippen molar-refractivity contribution in [2.75, 3.05) is 17.2 Å². The second-order valence-corrected chi connectivity index (χ2v) is 5.18. The summed E-state index contributed by atoms with van der Waals surface area (Å²) in [5.41, 5.74) is 1.47. The van der Waals surface area contributed by atoms with Gasteiger partial charge in [0.25, 0.3) is 5.91 Å². The number of hydrogen-bond acceptors (Lipinski definition) is 4. The number of aryl methyl sites for hydroxylation is 1. The average Bonchev–Trinajstić information content (AvgIpc) is 2.84. The number of amides is 1. The minimum atomic E-state index is -0.183. The molecule has 0 bridgehead atoms. The highest BCUT2D eigenvalue weighted by Gasteiger charge is 2.13. The largest absolute Gasteiger partial charge is 0.370 e. The third-order valence-corrected chi connectivity index (χ3v) is 3.01.